The number of benzene rings is 2. The zero-order valence-electron chi connectivity index (χ0n) is 9.58. The molecule has 3 nitrogen and oxygen atoms in total. The maximum absolute atomic E-state index is 12.1. The van der Waals surface area contributed by atoms with Crippen LogP contribution in [0.2, 0.25) is 15.1 Å². The Labute approximate surface area is 125 Å². The first-order valence-electron chi connectivity index (χ1n) is 5.30. The summed E-state index contributed by atoms with van der Waals surface area (Å²) < 4.78 is 0. The van der Waals surface area contributed by atoms with Crippen molar-refractivity contribution in [3.63, 3.8) is 0 Å². The molecule has 0 saturated heterocycles. The second kappa shape index (κ2) is 5.70. The molecule has 0 aliphatic heterocycles. The first-order chi connectivity index (χ1) is 9.00. The Hall–Kier alpha value is -1.42. The monoisotopic (exact) mass is 314 g/mol. The SMILES string of the molecule is Nc1ccccc1C(=O)Nc1ccc(Cl)c(Cl)c1Cl. The van der Waals surface area contributed by atoms with Gasteiger partial charge in [0.2, 0.25) is 0 Å². The number of nitrogens with two attached hydrogens (primary N) is 1. The van der Waals surface area contributed by atoms with Crippen molar-refractivity contribution in [1.29, 1.82) is 0 Å². The standard InChI is InChI=1S/C13H9Cl3N2O/c14-8-5-6-10(12(16)11(8)15)18-13(19)7-3-1-2-4-9(7)17/h1-6H,17H2,(H,18,19). The molecule has 0 radical (unpaired) electrons. The molecule has 19 heavy (non-hydrogen) atoms. The van der Waals surface area contributed by atoms with Gasteiger partial charge in [-0.05, 0) is 24.3 Å². The maximum Gasteiger partial charge on any atom is 0.257 e. The molecule has 3 N–H and O–H groups in total. The van der Waals surface area contributed by atoms with Gasteiger partial charge in [-0.25, -0.2) is 0 Å². The second-order valence-electron chi connectivity index (χ2n) is 3.76. The Morgan fingerprint density at radius 2 is 1.68 bits per heavy atom. The molecule has 0 aliphatic rings. The fourth-order valence-corrected chi connectivity index (χ4v) is 2.10. The highest BCUT2D eigenvalue weighted by molar-refractivity contribution is 6.49. The van der Waals surface area contributed by atoms with Gasteiger partial charge in [-0.15, -0.1) is 0 Å². The Bertz CT molecular complexity index is 644. The van der Waals surface area contributed by atoms with E-state index in [0.29, 0.717) is 22.0 Å². The summed E-state index contributed by atoms with van der Waals surface area (Å²) in [5, 5.41) is 3.35. The Morgan fingerprint density at radius 3 is 2.37 bits per heavy atom. The average Bonchev–Trinajstić information content (AvgIpc) is 2.40. The van der Waals surface area contributed by atoms with E-state index in [1.807, 2.05) is 0 Å². The molecule has 0 aromatic heterocycles. The third-order valence-electron chi connectivity index (χ3n) is 2.49. The van der Waals surface area contributed by atoms with Crippen molar-refractivity contribution < 1.29 is 4.79 Å². The molecule has 98 valence electrons. The molecule has 2 rings (SSSR count). The van der Waals surface area contributed by atoms with Crippen LogP contribution in [0.5, 0.6) is 0 Å². The number of anilines is 2. The quantitative estimate of drug-likeness (QED) is 0.634. The molecule has 1 amide bonds. The molecule has 0 aliphatic carbocycles. The van der Waals surface area contributed by atoms with Crippen LogP contribution < -0.4 is 11.1 Å². The topological polar surface area (TPSA) is 55.1 Å². The van der Waals surface area contributed by atoms with E-state index in [1.165, 1.54) is 0 Å². The Balaban J connectivity index is 2.30. The van der Waals surface area contributed by atoms with Gasteiger partial charge in [0, 0.05) is 5.69 Å². The van der Waals surface area contributed by atoms with E-state index in [2.05, 4.69) is 5.32 Å². The predicted octanol–water partition coefficient (Wildman–Crippen LogP) is 4.48. The lowest BCUT2D eigenvalue weighted by Crippen LogP contribution is -2.14. The highest BCUT2D eigenvalue weighted by atomic mass is 35.5. The summed E-state index contributed by atoms with van der Waals surface area (Å²) >= 11 is 17.7. The van der Waals surface area contributed by atoms with Crippen LogP contribution >= 0.6 is 34.8 Å². The number of carbonyl (C=O) groups is 1. The van der Waals surface area contributed by atoms with Gasteiger partial charge < -0.3 is 11.1 Å². The number of nitrogen functional groups attached to an aromatic ring is 1. The molecular weight excluding hydrogens is 307 g/mol. The van der Waals surface area contributed by atoms with Crippen molar-refractivity contribution in [2.45, 2.75) is 0 Å². The molecule has 0 saturated carbocycles. The first-order valence-corrected chi connectivity index (χ1v) is 6.43. The third kappa shape index (κ3) is 2.95. The Kier molecular flexibility index (Phi) is 4.20. The lowest BCUT2D eigenvalue weighted by molar-refractivity contribution is 0.102. The third-order valence-corrected chi connectivity index (χ3v) is 3.78. The van der Waals surface area contributed by atoms with E-state index in [-0.39, 0.29) is 16.0 Å². The molecular formula is C13H9Cl3N2O. The van der Waals surface area contributed by atoms with Crippen LogP contribution in [0.4, 0.5) is 11.4 Å². The molecule has 0 atom stereocenters. The average molecular weight is 316 g/mol. The number of hydrogen-bond acceptors (Lipinski definition) is 2. The highest BCUT2D eigenvalue weighted by Crippen LogP contribution is 2.35. The second-order valence-corrected chi connectivity index (χ2v) is 4.93. The summed E-state index contributed by atoms with van der Waals surface area (Å²) in [6.07, 6.45) is 0. The highest BCUT2D eigenvalue weighted by Gasteiger charge is 2.13. The predicted molar refractivity (Wildman–Crippen MR) is 80.3 cm³/mol. The van der Waals surface area contributed by atoms with Crippen LogP contribution in [0.25, 0.3) is 0 Å². The summed E-state index contributed by atoms with van der Waals surface area (Å²) in [6, 6.07) is 9.87. The summed E-state index contributed by atoms with van der Waals surface area (Å²) in [5.74, 6) is -0.363. The van der Waals surface area contributed by atoms with E-state index >= 15 is 0 Å². The number of hydrogen-bond donors (Lipinski definition) is 2. The van der Waals surface area contributed by atoms with Crippen LogP contribution in [-0.2, 0) is 0 Å². The summed E-state index contributed by atoms with van der Waals surface area (Å²) in [7, 11) is 0. The van der Waals surface area contributed by atoms with Crippen LogP contribution in [0.15, 0.2) is 36.4 Å². The fourth-order valence-electron chi connectivity index (χ4n) is 1.52. The molecule has 0 unspecified atom stereocenters. The van der Waals surface area contributed by atoms with Gasteiger partial charge in [-0.2, -0.15) is 0 Å². The summed E-state index contributed by atoms with van der Waals surface area (Å²) in [5.41, 5.74) is 6.86. The molecule has 6 heteroatoms. The lowest BCUT2D eigenvalue weighted by Gasteiger charge is -2.10. The van der Waals surface area contributed by atoms with Gasteiger partial charge in [0.05, 0.1) is 26.3 Å². The number of nitrogens with one attached hydrogen (secondary N) is 1. The van der Waals surface area contributed by atoms with E-state index in [0.717, 1.165) is 0 Å². The van der Waals surface area contributed by atoms with Gasteiger partial charge >= 0.3 is 0 Å². The van der Waals surface area contributed by atoms with E-state index in [9.17, 15) is 4.79 Å². The minimum absolute atomic E-state index is 0.192. The fraction of sp³-hybridized carbons (Fsp3) is 0. The summed E-state index contributed by atoms with van der Waals surface area (Å²) in [6.45, 7) is 0. The first kappa shape index (κ1) is 14.0. The smallest absolute Gasteiger partial charge is 0.257 e. The molecule has 0 fully saturated rings. The molecule has 2 aromatic carbocycles. The van der Waals surface area contributed by atoms with Gasteiger partial charge in [0.15, 0.2) is 0 Å². The van der Waals surface area contributed by atoms with Crippen molar-refractivity contribution >= 4 is 52.1 Å². The summed E-state index contributed by atoms with van der Waals surface area (Å²) in [4.78, 5) is 12.1. The van der Waals surface area contributed by atoms with Crippen LogP contribution in [-0.4, -0.2) is 5.91 Å². The zero-order valence-corrected chi connectivity index (χ0v) is 11.9. The molecule has 0 spiro atoms. The van der Waals surface area contributed by atoms with Gasteiger partial charge in [-0.1, -0.05) is 46.9 Å². The normalized spacial score (nSPS) is 10.3. The number of rotatable bonds is 2. The van der Waals surface area contributed by atoms with Crippen molar-refractivity contribution in [2.24, 2.45) is 0 Å². The largest absolute Gasteiger partial charge is 0.398 e. The van der Waals surface area contributed by atoms with Crippen LogP contribution in [0, 0.1) is 0 Å². The minimum Gasteiger partial charge on any atom is -0.398 e. The molecule has 0 heterocycles. The minimum atomic E-state index is -0.363. The van der Waals surface area contributed by atoms with Crippen molar-refractivity contribution in [3.8, 4) is 0 Å². The van der Waals surface area contributed by atoms with Crippen molar-refractivity contribution in [3.05, 3.63) is 57.0 Å². The van der Waals surface area contributed by atoms with Crippen molar-refractivity contribution in [2.75, 3.05) is 11.1 Å². The zero-order chi connectivity index (χ0) is 14.0. The number of halogens is 3. The maximum atomic E-state index is 12.1. The van der Waals surface area contributed by atoms with Gasteiger partial charge in [-0.3, -0.25) is 4.79 Å². The molecule has 0 bridgehead atoms. The number of amides is 1. The molecule has 2 aromatic rings. The number of carbonyl (C=O) groups excluding carboxylic acids is 1. The van der Waals surface area contributed by atoms with E-state index in [1.54, 1.807) is 36.4 Å². The van der Waals surface area contributed by atoms with E-state index < -0.39 is 0 Å². The van der Waals surface area contributed by atoms with Crippen LogP contribution in [0.3, 0.4) is 0 Å². The van der Waals surface area contributed by atoms with Crippen molar-refractivity contribution in [1.82, 2.24) is 0 Å². The van der Waals surface area contributed by atoms with Gasteiger partial charge in [0.25, 0.3) is 5.91 Å². The number of para-hydroxylation sites is 1. The van der Waals surface area contributed by atoms with Gasteiger partial charge in [0.1, 0.15) is 0 Å². The Morgan fingerprint density at radius 1 is 1.00 bits per heavy atom. The van der Waals surface area contributed by atoms with E-state index in [4.69, 9.17) is 40.5 Å². The van der Waals surface area contributed by atoms with Crippen LogP contribution in [0.1, 0.15) is 10.4 Å². The lowest BCUT2D eigenvalue weighted by atomic mass is 10.1.